The Morgan fingerprint density at radius 2 is 1.15 bits per heavy atom. The Morgan fingerprint density at radius 3 is 1.65 bits per heavy atom. The molecule has 6 nitrogen and oxygen atoms in total. The molecule has 0 aromatic heterocycles. The van der Waals surface area contributed by atoms with Crippen LogP contribution in [0.25, 0.3) is 12.2 Å². The number of benzene rings is 4. The van der Waals surface area contributed by atoms with Crippen molar-refractivity contribution in [2.75, 3.05) is 22.9 Å². The number of hydrogen-bond acceptors (Lipinski definition) is 6. The van der Waals surface area contributed by atoms with E-state index >= 15 is 0 Å². The summed E-state index contributed by atoms with van der Waals surface area (Å²) >= 11 is 0. The van der Waals surface area contributed by atoms with Crippen molar-refractivity contribution in [3.8, 4) is 23.6 Å². The highest BCUT2D eigenvalue weighted by Gasteiger charge is 2.25. The first-order valence-corrected chi connectivity index (χ1v) is 15.2. The summed E-state index contributed by atoms with van der Waals surface area (Å²) < 4.78 is 12.3. The van der Waals surface area contributed by atoms with E-state index in [1.54, 1.807) is 12.2 Å². The van der Waals surface area contributed by atoms with Crippen molar-refractivity contribution in [3.05, 3.63) is 155 Å². The maximum absolute atomic E-state index is 9.55. The molecule has 0 amide bonds. The van der Waals surface area contributed by atoms with E-state index in [0.717, 1.165) is 52.8 Å². The molecule has 4 aromatic rings. The second kappa shape index (κ2) is 13.6. The number of allylic oxidation sites excluding steroid dienone is 6. The van der Waals surface area contributed by atoms with Crippen molar-refractivity contribution in [2.24, 2.45) is 0 Å². The molecule has 0 bridgehead atoms. The molecule has 2 heterocycles. The largest absolute Gasteiger partial charge is 0.457 e. The monoisotopic (exact) mass is 600 g/mol. The number of ether oxygens (including phenoxy) is 2. The van der Waals surface area contributed by atoms with Crippen LogP contribution in [-0.2, 0) is 4.74 Å². The zero-order chi connectivity index (χ0) is 31.9. The summed E-state index contributed by atoms with van der Waals surface area (Å²) in [5.74, 6) is 2.67. The lowest BCUT2D eigenvalue weighted by molar-refractivity contribution is 0.332. The molecule has 6 rings (SSSR count). The summed E-state index contributed by atoms with van der Waals surface area (Å²) in [6.45, 7) is 6.19. The van der Waals surface area contributed by atoms with Gasteiger partial charge in [0.25, 0.3) is 0 Å². The van der Waals surface area contributed by atoms with Gasteiger partial charge in [-0.05, 0) is 97.8 Å². The predicted molar refractivity (Wildman–Crippen MR) is 185 cm³/mol. The minimum Gasteiger partial charge on any atom is -0.457 e. The standard InChI is InChI=1S/C40H32N4O2/c1-3-43(4-2)33-19-13-29(14-20-33)17-23-35-25-31(32(27-41)28-42)26-36(45-35)24-18-30-15-21-34(22-16-30)44-37-9-5-7-11-39(37)46-40-12-8-6-10-38(40)44/h5-26H,3-4H2,1-2H3/b23-17+,24-18+. The molecule has 0 saturated carbocycles. The molecule has 46 heavy (non-hydrogen) atoms. The van der Waals surface area contributed by atoms with Crippen LogP contribution >= 0.6 is 0 Å². The number of hydrogen-bond donors (Lipinski definition) is 0. The lowest BCUT2D eigenvalue weighted by Gasteiger charge is -2.32. The van der Waals surface area contributed by atoms with Gasteiger partial charge >= 0.3 is 0 Å². The van der Waals surface area contributed by atoms with Gasteiger partial charge in [-0.3, -0.25) is 0 Å². The van der Waals surface area contributed by atoms with Gasteiger partial charge in [0.15, 0.2) is 11.5 Å². The molecule has 0 N–H and O–H groups in total. The molecule has 0 unspecified atom stereocenters. The van der Waals surface area contributed by atoms with Crippen molar-refractivity contribution in [1.82, 2.24) is 0 Å². The van der Waals surface area contributed by atoms with Crippen molar-refractivity contribution in [3.63, 3.8) is 0 Å². The number of fused-ring (bicyclic) bond motifs is 2. The van der Waals surface area contributed by atoms with Crippen LogP contribution in [0.2, 0.25) is 0 Å². The highest BCUT2D eigenvalue weighted by molar-refractivity contribution is 5.86. The van der Waals surface area contributed by atoms with E-state index in [-0.39, 0.29) is 5.57 Å². The Kier molecular flexibility index (Phi) is 8.81. The number of rotatable bonds is 8. The molecular weight excluding hydrogens is 568 g/mol. The third-order valence-electron chi connectivity index (χ3n) is 7.83. The average molecular weight is 601 g/mol. The Labute approximate surface area is 270 Å². The summed E-state index contributed by atoms with van der Waals surface area (Å²) in [7, 11) is 0. The lowest BCUT2D eigenvalue weighted by atomic mass is 10.0. The molecule has 6 heteroatoms. The van der Waals surface area contributed by atoms with Crippen LogP contribution in [0.4, 0.5) is 22.7 Å². The number of nitriles is 2. The van der Waals surface area contributed by atoms with E-state index in [2.05, 4.69) is 72.2 Å². The smallest absolute Gasteiger partial charge is 0.151 e. The Balaban J connectivity index is 1.22. The third-order valence-corrected chi connectivity index (χ3v) is 7.83. The van der Waals surface area contributed by atoms with E-state index < -0.39 is 0 Å². The highest BCUT2D eigenvalue weighted by atomic mass is 16.5. The molecule has 2 aliphatic heterocycles. The summed E-state index contributed by atoms with van der Waals surface area (Å²) in [5.41, 5.74) is 6.65. The van der Waals surface area contributed by atoms with Crippen LogP contribution in [0.5, 0.6) is 11.5 Å². The second-order valence-electron chi connectivity index (χ2n) is 10.6. The normalized spacial score (nSPS) is 13.5. The zero-order valence-corrected chi connectivity index (χ0v) is 25.7. The van der Waals surface area contributed by atoms with Gasteiger partial charge in [0, 0.05) is 30.0 Å². The average Bonchev–Trinajstić information content (AvgIpc) is 3.10. The van der Waals surface area contributed by atoms with E-state index in [1.165, 1.54) is 5.69 Å². The molecule has 0 spiro atoms. The Bertz CT molecular complexity index is 1920. The summed E-state index contributed by atoms with van der Waals surface area (Å²) in [6.07, 6.45) is 11.0. The van der Waals surface area contributed by atoms with Crippen LogP contribution in [0.1, 0.15) is 25.0 Å². The maximum atomic E-state index is 9.55. The first-order valence-electron chi connectivity index (χ1n) is 15.2. The molecule has 2 aliphatic rings. The van der Waals surface area contributed by atoms with Gasteiger partial charge in [0.2, 0.25) is 0 Å². The van der Waals surface area contributed by atoms with Crippen molar-refractivity contribution >= 4 is 34.9 Å². The van der Waals surface area contributed by atoms with Crippen molar-refractivity contribution < 1.29 is 9.47 Å². The lowest BCUT2D eigenvalue weighted by Crippen LogP contribution is -2.21. The quantitative estimate of drug-likeness (QED) is 0.165. The van der Waals surface area contributed by atoms with Gasteiger partial charge in [0.05, 0.1) is 11.4 Å². The fraction of sp³-hybridized carbons (Fsp3) is 0.100. The molecule has 224 valence electrons. The fourth-order valence-corrected chi connectivity index (χ4v) is 5.46. The van der Waals surface area contributed by atoms with Gasteiger partial charge in [-0.1, -0.05) is 60.7 Å². The number of para-hydroxylation sites is 4. The molecule has 4 aromatic carbocycles. The molecule has 0 atom stereocenters. The topological polar surface area (TPSA) is 72.5 Å². The van der Waals surface area contributed by atoms with E-state index in [1.807, 2.05) is 85.0 Å². The van der Waals surface area contributed by atoms with E-state index in [4.69, 9.17) is 9.47 Å². The fourth-order valence-electron chi connectivity index (χ4n) is 5.46. The van der Waals surface area contributed by atoms with E-state index in [9.17, 15) is 10.5 Å². The number of nitrogens with zero attached hydrogens (tertiary/aromatic N) is 4. The summed E-state index contributed by atoms with van der Waals surface area (Å²) in [6, 6.07) is 36.6. The minimum absolute atomic E-state index is 0.0269. The van der Waals surface area contributed by atoms with E-state index in [0.29, 0.717) is 17.1 Å². The van der Waals surface area contributed by atoms with Gasteiger partial charge < -0.3 is 19.3 Å². The third kappa shape index (κ3) is 6.33. The van der Waals surface area contributed by atoms with Crippen molar-refractivity contribution in [1.29, 1.82) is 10.5 Å². The second-order valence-corrected chi connectivity index (χ2v) is 10.6. The minimum atomic E-state index is 0.0269. The predicted octanol–water partition coefficient (Wildman–Crippen LogP) is 9.98. The van der Waals surface area contributed by atoms with Crippen LogP contribution < -0.4 is 14.5 Å². The summed E-state index contributed by atoms with van der Waals surface area (Å²) in [5, 5.41) is 19.1. The molecule has 0 saturated heterocycles. The molecule has 0 aliphatic carbocycles. The Hall–Kier alpha value is -6.24. The van der Waals surface area contributed by atoms with Gasteiger partial charge in [0.1, 0.15) is 29.2 Å². The van der Waals surface area contributed by atoms with Crippen molar-refractivity contribution in [2.45, 2.75) is 13.8 Å². The number of anilines is 4. The first kappa shape index (κ1) is 29.8. The Morgan fingerprint density at radius 1 is 0.652 bits per heavy atom. The first-order chi connectivity index (χ1) is 22.6. The summed E-state index contributed by atoms with van der Waals surface area (Å²) in [4.78, 5) is 4.48. The van der Waals surface area contributed by atoms with Gasteiger partial charge in [-0.15, -0.1) is 0 Å². The molecule has 0 radical (unpaired) electrons. The molecule has 0 fully saturated rings. The highest BCUT2D eigenvalue weighted by Crippen LogP contribution is 2.49. The molecular formula is C40H32N4O2. The van der Waals surface area contributed by atoms with Gasteiger partial charge in [-0.25, -0.2) is 0 Å². The van der Waals surface area contributed by atoms with Gasteiger partial charge in [-0.2, -0.15) is 10.5 Å². The van der Waals surface area contributed by atoms with Crippen LogP contribution in [0, 0.1) is 22.7 Å². The van der Waals surface area contributed by atoms with Crippen LogP contribution in [0.15, 0.2) is 144 Å². The SMILES string of the molecule is CCN(CC)c1ccc(/C=C/C2=CC(=C(C#N)C#N)C=C(/C=C/c3ccc(N4c5ccccc5Oc5ccccc54)cc3)O2)cc1. The van der Waals surface area contributed by atoms with Crippen LogP contribution in [0.3, 0.4) is 0 Å². The zero-order valence-electron chi connectivity index (χ0n) is 25.7. The maximum Gasteiger partial charge on any atom is 0.151 e. The van der Waals surface area contributed by atoms with Crippen LogP contribution in [-0.4, -0.2) is 13.1 Å².